The van der Waals surface area contributed by atoms with Crippen LogP contribution in [0.15, 0.2) is 54.6 Å². The van der Waals surface area contributed by atoms with Gasteiger partial charge in [-0.15, -0.1) is 0 Å². The quantitative estimate of drug-likeness (QED) is 0.852. The molecule has 1 fully saturated rings. The summed E-state index contributed by atoms with van der Waals surface area (Å²) in [5, 5.41) is 3.28. The van der Waals surface area contributed by atoms with E-state index in [4.69, 9.17) is 0 Å². The largest absolute Gasteiger partial charge is 0.372 e. The standard InChI is InChI=1S/C24H29N3O/c1-5-26(6-2)19-13-11-18(12-14-19)15-16-24-23(3,4)20-9-7-8-10-21(20)27(24)17-22(28)25-24/h7-16H,5-6,17H2,1-4H3,(H,25,28)/b16-15+/t24-/m1/s1. The molecule has 2 heterocycles. The Morgan fingerprint density at radius 2 is 1.75 bits per heavy atom. The number of nitrogens with one attached hydrogen (secondary N) is 1. The van der Waals surface area contributed by atoms with E-state index in [-0.39, 0.29) is 11.3 Å². The van der Waals surface area contributed by atoms with Crippen molar-refractivity contribution in [1.82, 2.24) is 5.32 Å². The van der Waals surface area contributed by atoms with Gasteiger partial charge in [-0.2, -0.15) is 0 Å². The Bertz CT molecular complexity index is 912. The fraction of sp³-hybridized carbons (Fsp3) is 0.375. The van der Waals surface area contributed by atoms with Crippen molar-refractivity contribution in [2.24, 2.45) is 0 Å². The number of carbonyl (C=O) groups excluding carboxylic acids is 1. The first-order chi connectivity index (χ1) is 13.4. The number of benzene rings is 2. The van der Waals surface area contributed by atoms with Gasteiger partial charge in [-0.3, -0.25) is 4.79 Å². The molecule has 0 spiro atoms. The SMILES string of the molecule is CCN(CC)c1ccc(/C=C/[C@@]23NC(=O)CN2c2ccccc2C3(C)C)cc1. The van der Waals surface area contributed by atoms with Crippen LogP contribution in [0.1, 0.15) is 38.8 Å². The molecule has 1 atom stereocenters. The van der Waals surface area contributed by atoms with Crippen LogP contribution in [0, 0.1) is 0 Å². The predicted octanol–water partition coefficient (Wildman–Crippen LogP) is 4.17. The van der Waals surface area contributed by atoms with Crippen molar-refractivity contribution < 1.29 is 4.79 Å². The monoisotopic (exact) mass is 375 g/mol. The van der Waals surface area contributed by atoms with Crippen LogP contribution in [-0.2, 0) is 10.2 Å². The fourth-order valence-electron chi connectivity index (χ4n) is 4.74. The molecular weight excluding hydrogens is 346 g/mol. The molecule has 146 valence electrons. The summed E-state index contributed by atoms with van der Waals surface area (Å²) in [6.07, 6.45) is 4.31. The first kappa shape index (κ1) is 18.6. The van der Waals surface area contributed by atoms with Gasteiger partial charge in [-0.25, -0.2) is 0 Å². The molecule has 4 nitrogen and oxygen atoms in total. The highest BCUT2D eigenvalue weighted by atomic mass is 16.2. The van der Waals surface area contributed by atoms with Crippen molar-refractivity contribution in [3.8, 4) is 0 Å². The van der Waals surface area contributed by atoms with Crippen LogP contribution < -0.4 is 15.1 Å². The van der Waals surface area contributed by atoms with Crippen molar-refractivity contribution in [1.29, 1.82) is 0 Å². The number of para-hydroxylation sites is 1. The Morgan fingerprint density at radius 1 is 1.07 bits per heavy atom. The summed E-state index contributed by atoms with van der Waals surface area (Å²) < 4.78 is 0. The van der Waals surface area contributed by atoms with Crippen LogP contribution in [0.4, 0.5) is 11.4 Å². The number of carbonyl (C=O) groups is 1. The van der Waals surface area contributed by atoms with Gasteiger partial charge < -0.3 is 15.1 Å². The molecule has 2 aliphatic rings. The highest BCUT2D eigenvalue weighted by Crippen LogP contribution is 2.52. The second-order valence-electron chi connectivity index (χ2n) is 8.14. The number of nitrogens with zero attached hydrogens (tertiary/aromatic N) is 2. The van der Waals surface area contributed by atoms with Crippen LogP contribution in [0.3, 0.4) is 0 Å². The van der Waals surface area contributed by atoms with E-state index >= 15 is 0 Å². The van der Waals surface area contributed by atoms with E-state index in [2.05, 4.69) is 97.4 Å². The number of fused-ring (bicyclic) bond motifs is 3. The average Bonchev–Trinajstić information content (AvgIpc) is 3.13. The van der Waals surface area contributed by atoms with Crippen LogP contribution in [0.5, 0.6) is 0 Å². The predicted molar refractivity (Wildman–Crippen MR) is 117 cm³/mol. The summed E-state index contributed by atoms with van der Waals surface area (Å²) in [6.45, 7) is 11.2. The van der Waals surface area contributed by atoms with E-state index in [1.165, 1.54) is 11.3 Å². The Labute approximate surface area is 167 Å². The molecule has 2 aliphatic heterocycles. The first-order valence-electron chi connectivity index (χ1n) is 10.2. The molecule has 2 aromatic carbocycles. The lowest BCUT2D eigenvalue weighted by atomic mass is 9.75. The maximum Gasteiger partial charge on any atom is 0.241 e. The third kappa shape index (κ3) is 2.62. The summed E-state index contributed by atoms with van der Waals surface area (Å²) in [7, 11) is 0. The molecule has 1 saturated heterocycles. The van der Waals surface area contributed by atoms with Gasteiger partial charge in [0, 0.05) is 29.9 Å². The van der Waals surface area contributed by atoms with Crippen molar-refractivity contribution >= 4 is 23.4 Å². The van der Waals surface area contributed by atoms with Gasteiger partial charge in [0.05, 0.1) is 6.54 Å². The first-order valence-corrected chi connectivity index (χ1v) is 10.2. The Morgan fingerprint density at radius 3 is 2.43 bits per heavy atom. The van der Waals surface area contributed by atoms with E-state index in [0.29, 0.717) is 6.54 Å². The molecule has 0 radical (unpaired) electrons. The van der Waals surface area contributed by atoms with Crippen molar-refractivity contribution in [2.45, 2.75) is 38.8 Å². The summed E-state index contributed by atoms with van der Waals surface area (Å²) in [5.74, 6) is 0.0732. The second-order valence-corrected chi connectivity index (χ2v) is 8.14. The lowest BCUT2D eigenvalue weighted by Crippen LogP contribution is -2.58. The normalized spacial score (nSPS) is 22.3. The summed E-state index contributed by atoms with van der Waals surface area (Å²) in [4.78, 5) is 16.9. The van der Waals surface area contributed by atoms with Gasteiger partial charge in [-0.05, 0) is 49.2 Å². The molecule has 4 rings (SSSR count). The average molecular weight is 376 g/mol. The Balaban J connectivity index is 1.69. The van der Waals surface area contributed by atoms with E-state index in [1.807, 2.05) is 6.07 Å². The van der Waals surface area contributed by atoms with Gasteiger partial charge in [0.25, 0.3) is 0 Å². The van der Waals surface area contributed by atoms with Crippen LogP contribution in [0.2, 0.25) is 0 Å². The highest BCUT2D eigenvalue weighted by Gasteiger charge is 2.59. The third-order valence-corrected chi connectivity index (χ3v) is 6.42. The zero-order chi connectivity index (χ0) is 19.9. The zero-order valence-corrected chi connectivity index (χ0v) is 17.2. The zero-order valence-electron chi connectivity index (χ0n) is 17.2. The van der Waals surface area contributed by atoms with Crippen molar-refractivity contribution in [3.63, 3.8) is 0 Å². The molecular formula is C24H29N3O. The van der Waals surface area contributed by atoms with Gasteiger partial charge >= 0.3 is 0 Å². The van der Waals surface area contributed by atoms with Crippen LogP contribution in [-0.4, -0.2) is 31.2 Å². The van der Waals surface area contributed by atoms with E-state index in [0.717, 1.165) is 24.3 Å². The summed E-state index contributed by atoms with van der Waals surface area (Å²) in [5.41, 5.74) is 4.03. The van der Waals surface area contributed by atoms with Gasteiger partial charge in [-0.1, -0.05) is 50.3 Å². The molecule has 0 bridgehead atoms. The molecule has 1 amide bonds. The summed E-state index contributed by atoms with van der Waals surface area (Å²) in [6, 6.07) is 17.1. The third-order valence-electron chi connectivity index (χ3n) is 6.42. The lowest BCUT2D eigenvalue weighted by Gasteiger charge is -2.40. The van der Waals surface area contributed by atoms with Crippen molar-refractivity contribution in [3.05, 3.63) is 65.7 Å². The molecule has 4 heteroatoms. The van der Waals surface area contributed by atoms with Gasteiger partial charge in [0.15, 0.2) is 0 Å². The molecule has 2 aromatic rings. The molecule has 0 unspecified atom stereocenters. The smallest absolute Gasteiger partial charge is 0.241 e. The Hall–Kier alpha value is -2.75. The van der Waals surface area contributed by atoms with E-state index in [1.54, 1.807) is 0 Å². The molecule has 0 aromatic heterocycles. The maximum absolute atomic E-state index is 12.4. The number of hydrogen-bond acceptors (Lipinski definition) is 3. The molecule has 28 heavy (non-hydrogen) atoms. The molecule has 0 aliphatic carbocycles. The molecule has 1 N–H and O–H groups in total. The number of rotatable bonds is 5. The fourth-order valence-corrected chi connectivity index (χ4v) is 4.74. The topological polar surface area (TPSA) is 35.6 Å². The molecule has 0 saturated carbocycles. The van der Waals surface area contributed by atoms with E-state index < -0.39 is 5.66 Å². The van der Waals surface area contributed by atoms with Crippen molar-refractivity contribution in [2.75, 3.05) is 29.4 Å². The number of anilines is 2. The Kier molecular flexibility index (Phi) is 4.45. The van der Waals surface area contributed by atoms with Crippen LogP contribution in [0.25, 0.3) is 6.08 Å². The van der Waals surface area contributed by atoms with Gasteiger partial charge in [0.1, 0.15) is 5.66 Å². The van der Waals surface area contributed by atoms with Crippen LogP contribution >= 0.6 is 0 Å². The van der Waals surface area contributed by atoms with E-state index in [9.17, 15) is 4.79 Å². The maximum atomic E-state index is 12.4. The minimum Gasteiger partial charge on any atom is -0.372 e. The second kappa shape index (κ2) is 6.69. The minimum absolute atomic E-state index is 0.0732. The highest BCUT2D eigenvalue weighted by molar-refractivity contribution is 5.91. The lowest BCUT2D eigenvalue weighted by molar-refractivity contribution is -0.118. The number of hydrogen-bond donors (Lipinski definition) is 1. The number of amides is 1. The van der Waals surface area contributed by atoms with Gasteiger partial charge in [0.2, 0.25) is 5.91 Å². The summed E-state index contributed by atoms with van der Waals surface area (Å²) >= 11 is 0. The minimum atomic E-state index is -0.536.